The highest BCUT2D eigenvalue weighted by atomic mass is 16.7. The van der Waals surface area contributed by atoms with E-state index < -0.39 is 97.4 Å². The highest BCUT2D eigenvalue weighted by molar-refractivity contribution is 5.79. The zero-order valence-corrected chi connectivity index (χ0v) is 89.4. The standard InChI is InChI=1S/C120H202N2O18/c1-8-15-21-27-33-39-42-48-54-60-75-87-109(125)135-102(84-72-57-51-45-36-30-24-18-11-4)91-107(123)121-113-117(140-112(128)93-104(86-74-59-53-47-38-32-26-20-13-6)137-111(127)89-77-62-56-50-44-41-35-29-23-17-10-3)115(129)105(97-130-94-99-78-66-63-67-79-99)138-119(113)134-98-106-116(132-95-100-80-68-64-69-81-100)118(131-90-14-7)114(120(139-106)133-96-101-82-70-65-71-83-101)122-108(124)92-103(85-73-58-52-46-37-31-25-19-12-5)136-110(126)88-76-61-55-49-43-40-34-28-22-16-9-2/h14,63-71,78-83,102-106,113-120,129H,7-13,15-62,72-77,84-98H2,1-6H3,(H,121,123)(H,122,124)/t102-,103-,104-,105-,106-,113+,114+,115-,116-,117-,118-,119-,120+/m1/s1. The van der Waals surface area contributed by atoms with Gasteiger partial charge in [0, 0.05) is 19.3 Å². The lowest BCUT2D eigenvalue weighted by molar-refractivity contribution is -0.314. The second kappa shape index (κ2) is 86.1. The van der Waals surface area contributed by atoms with Crippen molar-refractivity contribution in [3.63, 3.8) is 0 Å². The molecule has 5 rings (SSSR count). The van der Waals surface area contributed by atoms with Crippen LogP contribution in [0.15, 0.2) is 104 Å². The first kappa shape index (κ1) is 124. The van der Waals surface area contributed by atoms with Crippen molar-refractivity contribution in [2.75, 3.05) is 19.8 Å². The molecule has 0 radical (unpaired) electrons. The Labute approximate surface area is 851 Å². The average Bonchev–Trinajstić information content (AvgIpc) is 0.779. The van der Waals surface area contributed by atoms with Crippen molar-refractivity contribution in [2.24, 2.45) is 0 Å². The summed E-state index contributed by atoms with van der Waals surface area (Å²) in [6.07, 6.45) is 56.7. The normalized spacial score (nSPS) is 18.7. The van der Waals surface area contributed by atoms with Gasteiger partial charge < -0.3 is 67.8 Å². The maximum Gasteiger partial charge on any atom is 0.310 e. The molecule has 20 heteroatoms. The lowest BCUT2D eigenvalue weighted by Crippen LogP contribution is -2.68. The molecule has 0 aromatic heterocycles. The van der Waals surface area contributed by atoms with Crippen LogP contribution in [0, 0.1) is 0 Å². The van der Waals surface area contributed by atoms with E-state index in [-0.39, 0.29) is 96.1 Å². The molecule has 2 heterocycles. The fourth-order valence-electron chi connectivity index (χ4n) is 19.5. The first-order valence-electron chi connectivity index (χ1n) is 57.8. The van der Waals surface area contributed by atoms with E-state index in [1.807, 2.05) is 91.0 Å². The summed E-state index contributed by atoms with van der Waals surface area (Å²) >= 11 is 0. The van der Waals surface area contributed by atoms with E-state index in [4.69, 9.17) is 52.1 Å². The third-order valence-corrected chi connectivity index (χ3v) is 28.0. The van der Waals surface area contributed by atoms with Crippen LogP contribution in [0.25, 0.3) is 0 Å². The smallest absolute Gasteiger partial charge is 0.310 e. The molecule has 3 aromatic rings. The summed E-state index contributed by atoms with van der Waals surface area (Å²) < 4.78 is 74.8. The summed E-state index contributed by atoms with van der Waals surface area (Å²) in [5, 5.41) is 19.7. The number of ether oxygens (including phenoxy) is 11. The summed E-state index contributed by atoms with van der Waals surface area (Å²) in [7, 11) is 0. The lowest BCUT2D eigenvalue weighted by atomic mass is 9.94. The SMILES string of the molecule is C=CCO[C@@H]1[C@H](NC(=O)C[C@@H](CCCCCCCCCCC)OC(=O)CCCCCCCCCCCCC)[C@@H](OCc2ccccc2)O[C@H](CO[C@@H]2O[C@H](COCc3ccccc3)[C@@H](O)[C@H](OC(=O)C[C@@H](CCCCCCCCCCC)OC(=O)CCCCCCCCCCCCC)[C@@H]2NC(=O)C[C@@H](CCCCCCCCCCC)OC(=O)CCCCCCCCCCCCC)[C@H]1OCc1ccccc1. The molecule has 2 aliphatic heterocycles. The summed E-state index contributed by atoms with van der Waals surface area (Å²) in [5.41, 5.74) is 2.51. The molecular weight excluding hydrogens is 1760 g/mol. The number of unbranched alkanes of at least 4 members (excludes halogenated alkanes) is 54. The number of hydrogen-bond donors (Lipinski definition) is 3. The zero-order chi connectivity index (χ0) is 100. The molecule has 13 atom stereocenters. The number of hydrogen-bond acceptors (Lipinski definition) is 18. The Morgan fingerprint density at radius 3 is 0.936 bits per heavy atom. The van der Waals surface area contributed by atoms with Crippen LogP contribution in [0.2, 0.25) is 0 Å². The Kier molecular flexibility index (Phi) is 76.5. The van der Waals surface area contributed by atoms with Gasteiger partial charge in [0.25, 0.3) is 0 Å². The van der Waals surface area contributed by atoms with Gasteiger partial charge in [0.05, 0.1) is 58.9 Å². The summed E-state index contributed by atoms with van der Waals surface area (Å²) in [6.45, 7) is 17.1. The predicted octanol–water partition coefficient (Wildman–Crippen LogP) is 30.1. The largest absolute Gasteiger partial charge is 0.462 e. The van der Waals surface area contributed by atoms with E-state index in [9.17, 15) is 19.5 Å². The summed E-state index contributed by atoms with van der Waals surface area (Å²) in [6, 6.07) is 26.4. The van der Waals surface area contributed by atoms with Crippen LogP contribution in [0.3, 0.4) is 0 Å². The number of carbonyl (C=O) groups is 6. The van der Waals surface area contributed by atoms with Crippen LogP contribution in [0.5, 0.6) is 0 Å². The Morgan fingerprint density at radius 1 is 0.314 bits per heavy atom. The molecule has 140 heavy (non-hydrogen) atoms. The van der Waals surface area contributed by atoms with Gasteiger partial charge in [0.2, 0.25) is 11.8 Å². The maximum absolute atomic E-state index is 15.7. The maximum atomic E-state index is 15.7. The van der Waals surface area contributed by atoms with Gasteiger partial charge in [-0.1, -0.05) is 485 Å². The van der Waals surface area contributed by atoms with E-state index in [0.717, 1.165) is 152 Å². The number of benzene rings is 3. The number of nitrogens with one attached hydrogen (secondary N) is 2. The molecule has 2 fully saturated rings. The third kappa shape index (κ3) is 62.0. The molecule has 20 nitrogen and oxygen atoms in total. The van der Waals surface area contributed by atoms with Crippen molar-refractivity contribution in [3.8, 4) is 0 Å². The van der Waals surface area contributed by atoms with E-state index in [0.29, 0.717) is 51.4 Å². The first-order valence-corrected chi connectivity index (χ1v) is 57.8. The van der Waals surface area contributed by atoms with E-state index in [1.54, 1.807) is 6.08 Å². The monoisotopic (exact) mass is 1960 g/mol. The average molecular weight is 1960 g/mol. The lowest BCUT2D eigenvalue weighted by Gasteiger charge is -2.47. The highest BCUT2D eigenvalue weighted by Crippen LogP contribution is 2.34. The first-order chi connectivity index (χ1) is 68.7. The Morgan fingerprint density at radius 2 is 0.600 bits per heavy atom. The van der Waals surface area contributed by atoms with Gasteiger partial charge in [-0.25, -0.2) is 0 Å². The molecule has 0 bridgehead atoms. The van der Waals surface area contributed by atoms with Crippen molar-refractivity contribution in [1.29, 1.82) is 0 Å². The van der Waals surface area contributed by atoms with E-state index in [1.165, 1.54) is 218 Å². The summed E-state index contributed by atoms with van der Waals surface area (Å²) in [5.74, 6) is -2.80. The van der Waals surface area contributed by atoms with Crippen molar-refractivity contribution >= 4 is 35.7 Å². The fraction of sp³-hybridized carbons (Fsp3) is 0.783. The Hall–Kier alpha value is -6.10. The minimum atomic E-state index is -1.66. The van der Waals surface area contributed by atoms with Crippen LogP contribution < -0.4 is 10.6 Å². The van der Waals surface area contributed by atoms with Crippen LogP contribution in [0.1, 0.15) is 501 Å². The van der Waals surface area contributed by atoms with E-state index in [2.05, 4.69) is 58.8 Å². The highest BCUT2D eigenvalue weighted by Gasteiger charge is 2.53. The molecule has 2 saturated heterocycles. The van der Waals surface area contributed by atoms with Crippen LogP contribution in [-0.4, -0.2) is 140 Å². The number of amides is 2. The molecule has 0 aliphatic carbocycles. The number of rotatable bonds is 94. The number of esters is 4. The van der Waals surface area contributed by atoms with Gasteiger partial charge in [0.15, 0.2) is 18.7 Å². The molecule has 2 amide bonds. The van der Waals surface area contributed by atoms with Gasteiger partial charge in [-0.15, -0.1) is 6.58 Å². The van der Waals surface area contributed by atoms with Crippen LogP contribution in [0.4, 0.5) is 0 Å². The zero-order valence-electron chi connectivity index (χ0n) is 89.4. The third-order valence-electron chi connectivity index (χ3n) is 28.0. The van der Waals surface area contributed by atoms with Gasteiger partial charge >= 0.3 is 23.9 Å². The molecule has 0 saturated carbocycles. The van der Waals surface area contributed by atoms with Crippen molar-refractivity contribution < 1.29 is 86.0 Å². The van der Waals surface area contributed by atoms with E-state index >= 15 is 14.4 Å². The molecule has 3 N–H and O–H groups in total. The Bertz CT molecular complexity index is 3450. The van der Waals surface area contributed by atoms with Gasteiger partial charge in [-0.2, -0.15) is 0 Å². The van der Waals surface area contributed by atoms with Crippen LogP contribution in [-0.2, 0) is 101 Å². The number of aliphatic hydroxyl groups is 1. The van der Waals surface area contributed by atoms with Gasteiger partial charge in [0.1, 0.15) is 60.9 Å². The Balaban J connectivity index is 1.60. The number of carbonyl (C=O) groups excluding carboxylic acids is 6. The van der Waals surface area contributed by atoms with Crippen molar-refractivity contribution in [2.45, 2.75) is 584 Å². The fourth-order valence-corrected chi connectivity index (χ4v) is 19.5. The summed E-state index contributed by atoms with van der Waals surface area (Å²) in [4.78, 5) is 88.9. The molecule has 800 valence electrons. The van der Waals surface area contributed by atoms with Gasteiger partial charge in [-0.05, 0) is 74.5 Å². The minimum absolute atomic E-state index is 0.00197. The molecular formula is C120H202N2O18. The number of aliphatic hydroxyl groups excluding tert-OH is 1. The molecule has 0 spiro atoms. The molecule has 0 unspecified atom stereocenters. The second-order valence-electron chi connectivity index (χ2n) is 40.9. The quantitative estimate of drug-likeness (QED) is 0.0206. The van der Waals surface area contributed by atoms with Crippen LogP contribution >= 0.6 is 0 Å². The second-order valence-corrected chi connectivity index (χ2v) is 40.9. The predicted molar refractivity (Wildman–Crippen MR) is 568 cm³/mol. The van der Waals surface area contributed by atoms with Crippen molar-refractivity contribution in [3.05, 3.63) is 120 Å². The molecule has 2 aliphatic rings. The minimum Gasteiger partial charge on any atom is -0.462 e. The van der Waals surface area contributed by atoms with Gasteiger partial charge in [-0.3, -0.25) is 28.8 Å². The topological polar surface area (TPSA) is 248 Å². The van der Waals surface area contributed by atoms with Crippen molar-refractivity contribution in [1.82, 2.24) is 10.6 Å². The molecule has 3 aromatic carbocycles.